The Kier molecular flexibility index (Phi) is 3.89. The second kappa shape index (κ2) is 5.60. The van der Waals surface area contributed by atoms with Crippen molar-refractivity contribution in [1.29, 1.82) is 0 Å². The Balaban J connectivity index is 2.19. The van der Waals surface area contributed by atoms with Crippen LogP contribution in [-0.4, -0.2) is 28.0 Å². The predicted octanol–water partition coefficient (Wildman–Crippen LogP) is 2.88. The van der Waals surface area contributed by atoms with Gasteiger partial charge in [0.05, 0.1) is 17.6 Å². The molecule has 1 aromatic heterocycles. The first-order valence-corrected chi connectivity index (χ1v) is 5.81. The number of benzene rings is 1. The molecule has 2 aromatic rings. The molecule has 0 bridgehead atoms. The van der Waals surface area contributed by atoms with E-state index in [0.29, 0.717) is 6.54 Å². The standard InChI is InChI=1S/C14H16FN3/c1-3-7-18(8-4-2)10-14-16-12-6-5-11(15)9-13(12)17-14/h3-6,9H,1-2,7-8,10H2,(H,16,17). The fourth-order valence-electron chi connectivity index (χ4n) is 1.89. The number of aromatic amines is 1. The minimum Gasteiger partial charge on any atom is -0.341 e. The molecule has 0 unspecified atom stereocenters. The minimum absolute atomic E-state index is 0.258. The third-order valence-electron chi connectivity index (χ3n) is 2.64. The lowest BCUT2D eigenvalue weighted by molar-refractivity contribution is 0.320. The molecule has 0 aliphatic rings. The number of nitrogens with one attached hydrogen (secondary N) is 1. The molecule has 0 aliphatic heterocycles. The highest BCUT2D eigenvalue weighted by molar-refractivity contribution is 5.74. The Morgan fingerprint density at radius 2 is 2.00 bits per heavy atom. The number of imidazole rings is 1. The number of nitrogens with zero attached hydrogens (tertiary/aromatic N) is 2. The molecule has 94 valence electrons. The molecule has 0 amide bonds. The summed E-state index contributed by atoms with van der Waals surface area (Å²) in [6, 6.07) is 4.55. The van der Waals surface area contributed by atoms with E-state index < -0.39 is 0 Å². The average molecular weight is 245 g/mol. The van der Waals surface area contributed by atoms with Gasteiger partial charge in [0.25, 0.3) is 0 Å². The SMILES string of the molecule is C=CCN(CC=C)Cc1nc2ccc(F)cc2[nH]1. The van der Waals surface area contributed by atoms with Crippen LogP contribution in [0.1, 0.15) is 5.82 Å². The quantitative estimate of drug-likeness (QED) is 0.793. The summed E-state index contributed by atoms with van der Waals surface area (Å²) in [5.74, 6) is 0.561. The van der Waals surface area contributed by atoms with E-state index >= 15 is 0 Å². The molecule has 1 N–H and O–H groups in total. The fourth-order valence-corrected chi connectivity index (χ4v) is 1.89. The highest BCUT2D eigenvalue weighted by Crippen LogP contribution is 2.13. The molecular weight excluding hydrogens is 229 g/mol. The van der Waals surface area contributed by atoms with Crippen LogP contribution in [-0.2, 0) is 6.54 Å². The van der Waals surface area contributed by atoms with Gasteiger partial charge in [0.15, 0.2) is 0 Å². The summed E-state index contributed by atoms with van der Waals surface area (Å²) in [5.41, 5.74) is 1.51. The van der Waals surface area contributed by atoms with Gasteiger partial charge >= 0.3 is 0 Å². The lowest BCUT2D eigenvalue weighted by Crippen LogP contribution is -2.23. The number of hydrogen-bond donors (Lipinski definition) is 1. The molecule has 1 heterocycles. The minimum atomic E-state index is -0.258. The van der Waals surface area contributed by atoms with Crippen LogP contribution in [0, 0.1) is 5.82 Å². The van der Waals surface area contributed by atoms with Gasteiger partial charge in [-0.2, -0.15) is 0 Å². The summed E-state index contributed by atoms with van der Waals surface area (Å²) in [6.07, 6.45) is 3.68. The van der Waals surface area contributed by atoms with Gasteiger partial charge in [0, 0.05) is 13.1 Å². The van der Waals surface area contributed by atoms with E-state index in [2.05, 4.69) is 28.0 Å². The smallest absolute Gasteiger partial charge is 0.125 e. The number of halogens is 1. The molecule has 1 aromatic carbocycles. The van der Waals surface area contributed by atoms with E-state index in [4.69, 9.17) is 0 Å². The molecule has 0 radical (unpaired) electrons. The van der Waals surface area contributed by atoms with E-state index in [1.54, 1.807) is 6.07 Å². The molecule has 0 saturated carbocycles. The van der Waals surface area contributed by atoms with Crippen LogP contribution in [0.3, 0.4) is 0 Å². The lowest BCUT2D eigenvalue weighted by atomic mass is 10.3. The third-order valence-corrected chi connectivity index (χ3v) is 2.64. The van der Waals surface area contributed by atoms with Crippen LogP contribution in [0.25, 0.3) is 11.0 Å². The molecule has 0 spiro atoms. The van der Waals surface area contributed by atoms with Crippen LogP contribution >= 0.6 is 0 Å². The second-order valence-corrected chi connectivity index (χ2v) is 4.12. The maximum atomic E-state index is 13.1. The first-order chi connectivity index (χ1) is 8.72. The number of hydrogen-bond acceptors (Lipinski definition) is 2. The largest absolute Gasteiger partial charge is 0.341 e. The van der Waals surface area contributed by atoms with E-state index in [0.717, 1.165) is 29.9 Å². The molecule has 0 aliphatic carbocycles. The van der Waals surface area contributed by atoms with E-state index in [-0.39, 0.29) is 5.82 Å². The zero-order chi connectivity index (χ0) is 13.0. The van der Waals surface area contributed by atoms with Crippen molar-refractivity contribution in [2.75, 3.05) is 13.1 Å². The number of rotatable bonds is 6. The van der Waals surface area contributed by atoms with E-state index in [1.165, 1.54) is 12.1 Å². The maximum Gasteiger partial charge on any atom is 0.125 e. The molecule has 18 heavy (non-hydrogen) atoms. The summed E-state index contributed by atoms with van der Waals surface area (Å²) in [7, 11) is 0. The Bertz CT molecular complexity index is 549. The van der Waals surface area contributed by atoms with Gasteiger partial charge in [0.2, 0.25) is 0 Å². The van der Waals surface area contributed by atoms with Gasteiger partial charge in [-0.3, -0.25) is 4.90 Å². The van der Waals surface area contributed by atoms with Crippen molar-refractivity contribution in [3.05, 3.63) is 55.2 Å². The second-order valence-electron chi connectivity index (χ2n) is 4.12. The summed E-state index contributed by atoms with van der Waals surface area (Å²) < 4.78 is 13.1. The molecular formula is C14H16FN3. The van der Waals surface area contributed by atoms with Crippen LogP contribution in [0.2, 0.25) is 0 Å². The van der Waals surface area contributed by atoms with Crippen molar-refractivity contribution in [2.24, 2.45) is 0 Å². The van der Waals surface area contributed by atoms with Gasteiger partial charge in [0.1, 0.15) is 11.6 Å². The van der Waals surface area contributed by atoms with Crippen molar-refractivity contribution in [3.63, 3.8) is 0 Å². The molecule has 3 nitrogen and oxygen atoms in total. The molecule has 4 heteroatoms. The van der Waals surface area contributed by atoms with Crippen molar-refractivity contribution in [1.82, 2.24) is 14.9 Å². The topological polar surface area (TPSA) is 31.9 Å². The summed E-state index contributed by atoms with van der Waals surface area (Å²) >= 11 is 0. The lowest BCUT2D eigenvalue weighted by Gasteiger charge is -2.16. The Labute approximate surface area is 106 Å². The summed E-state index contributed by atoms with van der Waals surface area (Å²) in [5, 5.41) is 0. The predicted molar refractivity (Wildman–Crippen MR) is 71.7 cm³/mol. The monoisotopic (exact) mass is 245 g/mol. The normalized spacial score (nSPS) is 11.0. The van der Waals surface area contributed by atoms with Gasteiger partial charge in [-0.15, -0.1) is 13.2 Å². The van der Waals surface area contributed by atoms with Crippen LogP contribution in [0.15, 0.2) is 43.5 Å². The van der Waals surface area contributed by atoms with Gasteiger partial charge < -0.3 is 4.98 Å². The highest BCUT2D eigenvalue weighted by atomic mass is 19.1. The Morgan fingerprint density at radius 1 is 1.28 bits per heavy atom. The van der Waals surface area contributed by atoms with Gasteiger partial charge in [-0.1, -0.05) is 12.2 Å². The van der Waals surface area contributed by atoms with Crippen molar-refractivity contribution >= 4 is 11.0 Å². The molecule has 0 saturated heterocycles. The maximum absolute atomic E-state index is 13.1. The van der Waals surface area contributed by atoms with Crippen molar-refractivity contribution in [2.45, 2.75) is 6.54 Å². The van der Waals surface area contributed by atoms with Crippen LogP contribution < -0.4 is 0 Å². The highest BCUT2D eigenvalue weighted by Gasteiger charge is 2.07. The first-order valence-electron chi connectivity index (χ1n) is 5.81. The van der Waals surface area contributed by atoms with Crippen molar-refractivity contribution in [3.8, 4) is 0 Å². The zero-order valence-corrected chi connectivity index (χ0v) is 10.2. The zero-order valence-electron chi connectivity index (χ0n) is 10.2. The van der Waals surface area contributed by atoms with Crippen LogP contribution in [0.5, 0.6) is 0 Å². The number of fused-ring (bicyclic) bond motifs is 1. The summed E-state index contributed by atoms with van der Waals surface area (Å²) in [6.45, 7) is 9.63. The van der Waals surface area contributed by atoms with E-state index in [9.17, 15) is 4.39 Å². The Morgan fingerprint density at radius 3 is 2.67 bits per heavy atom. The number of H-pyrrole nitrogens is 1. The van der Waals surface area contributed by atoms with Gasteiger partial charge in [-0.25, -0.2) is 9.37 Å². The van der Waals surface area contributed by atoms with Crippen LogP contribution in [0.4, 0.5) is 4.39 Å². The molecule has 0 atom stereocenters. The fraction of sp³-hybridized carbons (Fsp3) is 0.214. The molecule has 0 fully saturated rings. The van der Waals surface area contributed by atoms with Crippen molar-refractivity contribution < 1.29 is 4.39 Å². The molecule has 2 rings (SSSR count). The van der Waals surface area contributed by atoms with E-state index in [1.807, 2.05) is 12.2 Å². The third kappa shape index (κ3) is 2.84. The average Bonchev–Trinajstić information content (AvgIpc) is 2.71. The number of aromatic nitrogens is 2. The van der Waals surface area contributed by atoms with Gasteiger partial charge in [-0.05, 0) is 18.2 Å². The first kappa shape index (κ1) is 12.5. The summed E-state index contributed by atoms with van der Waals surface area (Å²) in [4.78, 5) is 9.68. The Hall–Kier alpha value is -1.94.